The lowest BCUT2D eigenvalue weighted by atomic mass is 9.99. The number of aromatic nitrogens is 1. The van der Waals surface area contributed by atoms with E-state index in [0.29, 0.717) is 17.7 Å². The van der Waals surface area contributed by atoms with Crippen molar-refractivity contribution in [3.63, 3.8) is 0 Å². The van der Waals surface area contributed by atoms with Crippen LogP contribution in [0.2, 0.25) is 0 Å². The van der Waals surface area contributed by atoms with E-state index in [1.807, 2.05) is 49.4 Å². The highest BCUT2D eigenvalue weighted by Crippen LogP contribution is 2.28. The first-order valence-electron chi connectivity index (χ1n) is 12.6. The number of hydrogen-bond donors (Lipinski definition) is 1. The van der Waals surface area contributed by atoms with Crippen LogP contribution in [0.3, 0.4) is 0 Å². The van der Waals surface area contributed by atoms with Crippen LogP contribution in [0.5, 0.6) is 5.88 Å². The predicted octanol–water partition coefficient (Wildman–Crippen LogP) is 4.38. The van der Waals surface area contributed by atoms with E-state index in [-0.39, 0.29) is 36.8 Å². The standard InChI is InChI=1S/C30H32FN3O4/c1-20-17-34(21(2)19-35)30(37)26-15-23(10-9-22-7-5-4-6-8-22)16-32-28(26)38-27(20)18-33(3)29(36)24-11-13-25(31)14-12-24/h4-16,20-21,27,35H,17-19H2,1-3H3/b10-9+/t20-,21+,27-/m1/s1. The summed E-state index contributed by atoms with van der Waals surface area (Å²) in [5.41, 5.74) is 2.41. The summed E-state index contributed by atoms with van der Waals surface area (Å²) >= 11 is 0. The molecule has 3 atom stereocenters. The third-order valence-corrected chi connectivity index (χ3v) is 6.70. The Morgan fingerprint density at radius 2 is 1.87 bits per heavy atom. The third-order valence-electron chi connectivity index (χ3n) is 6.70. The summed E-state index contributed by atoms with van der Waals surface area (Å²) < 4.78 is 19.6. The fourth-order valence-electron chi connectivity index (χ4n) is 4.35. The second-order valence-corrected chi connectivity index (χ2v) is 9.68. The van der Waals surface area contributed by atoms with Gasteiger partial charge in [0.15, 0.2) is 0 Å². The molecule has 1 aromatic heterocycles. The molecule has 0 radical (unpaired) electrons. The zero-order chi connectivity index (χ0) is 27.2. The molecule has 0 bridgehead atoms. The van der Waals surface area contributed by atoms with E-state index in [0.717, 1.165) is 11.1 Å². The number of benzene rings is 2. The Bertz CT molecular complexity index is 1300. The van der Waals surface area contributed by atoms with Gasteiger partial charge in [0, 0.05) is 31.3 Å². The molecule has 1 aliphatic heterocycles. The topological polar surface area (TPSA) is 83.0 Å². The SMILES string of the molecule is C[C@@H]1CN([C@@H](C)CO)C(=O)c2cc(/C=C/c3ccccc3)cnc2O[C@@H]1CN(C)C(=O)c1ccc(F)cc1. The van der Waals surface area contributed by atoms with Gasteiger partial charge < -0.3 is 19.6 Å². The van der Waals surface area contributed by atoms with Gasteiger partial charge in [-0.25, -0.2) is 9.37 Å². The first-order chi connectivity index (χ1) is 18.3. The first-order valence-corrected chi connectivity index (χ1v) is 12.6. The number of likely N-dealkylation sites (N-methyl/N-ethyl adjacent to an activating group) is 1. The number of aliphatic hydroxyl groups excluding tert-OH is 1. The van der Waals surface area contributed by atoms with Crippen molar-refractivity contribution in [1.82, 2.24) is 14.8 Å². The number of halogens is 1. The molecule has 0 saturated heterocycles. The highest BCUT2D eigenvalue weighted by atomic mass is 19.1. The highest BCUT2D eigenvalue weighted by Gasteiger charge is 2.34. The summed E-state index contributed by atoms with van der Waals surface area (Å²) in [5, 5.41) is 9.86. The molecule has 1 aliphatic rings. The van der Waals surface area contributed by atoms with Gasteiger partial charge in [-0.1, -0.05) is 49.4 Å². The number of pyridine rings is 1. The number of carbonyl (C=O) groups excluding carboxylic acids is 2. The van der Waals surface area contributed by atoms with Crippen molar-refractivity contribution < 1.29 is 23.8 Å². The van der Waals surface area contributed by atoms with Gasteiger partial charge in [0.2, 0.25) is 5.88 Å². The molecule has 2 heterocycles. The van der Waals surface area contributed by atoms with Crippen LogP contribution >= 0.6 is 0 Å². The molecule has 38 heavy (non-hydrogen) atoms. The van der Waals surface area contributed by atoms with Crippen molar-refractivity contribution in [1.29, 1.82) is 0 Å². The van der Waals surface area contributed by atoms with Crippen LogP contribution in [0.1, 0.15) is 45.7 Å². The van der Waals surface area contributed by atoms with Crippen LogP contribution in [0.4, 0.5) is 4.39 Å². The van der Waals surface area contributed by atoms with Crippen LogP contribution in [0.15, 0.2) is 66.9 Å². The van der Waals surface area contributed by atoms with Crippen LogP contribution in [0.25, 0.3) is 12.2 Å². The molecule has 1 N–H and O–H groups in total. The lowest BCUT2D eigenvalue weighted by Gasteiger charge is -2.37. The molecule has 2 amide bonds. The lowest BCUT2D eigenvalue weighted by molar-refractivity contribution is 0.0313. The maximum Gasteiger partial charge on any atom is 0.259 e. The summed E-state index contributed by atoms with van der Waals surface area (Å²) in [6.45, 7) is 4.09. The summed E-state index contributed by atoms with van der Waals surface area (Å²) in [7, 11) is 1.66. The molecule has 3 aromatic rings. The van der Waals surface area contributed by atoms with Gasteiger partial charge >= 0.3 is 0 Å². The molecule has 8 heteroatoms. The van der Waals surface area contributed by atoms with E-state index in [1.165, 1.54) is 29.2 Å². The quantitative estimate of drug-likeness (QED) is 0.503. The predicted molar refractivity (Wildman–Crippen MR) is 144 cm³/mol. The zero-order valence-corrected chi connectivity index (χ0v) is 21.8. The van der Waals surface area contributed by atoms with E-state index in [9.17, 15) is 19.1 Å². The van der Waals surface area contributed by atoms with Crippen molar-refractivity contribution >= 4 is 24.0 Å². The van der Waals surface area contributed by atoms with Crippen molar-refractivity contribution in [3.05, 3.63) is 94.9 Å². The third kappa shape index (κ3) is 6.26. The maximum absolute atomic E-state index is 13.6. The fraction of sp³-hybridized carbons (Fsp3) is 0.300. The normalized spacial score (nSPS) is 18.3. The Kier molecular flexibility index (Phi) is 8.53. The number of carbonyl (C=O) groups is 2. The van der Waals surface area contributed by atoms with Crippen molar-refractivity contribution in [2.75, 3.05) is 26.7 Å². The van der Waals surface area contributed by atoms with Crippen molar-refractivity contribution in [2.45, 2.75) is 26.0 Å². The summed E-state index contributed by atoms with van der Waals surface area (Å²) in [5.74, 6) is -0.950. The first kappa shape index (κ1) is 27.0. The van der Waals surface area contributed by atoms with Gasteiger partial charge in [0.25, 0.3) is 11.8 Å². The second kappa shape index (κ2) is 12.0. The number of fused-ring (bicyclic) bond motifs is 1. The minimum Gasteiger partial charge on any atom is -0.472 e. The van der Waals surface area contributed by atoms with E-state index in [1.54, 1.807) is 31.1 Å². The minimum atomic E-state index is -0.483. The molecule has 4 rings (SSSR count). The van der Waals surface area contributed by atoms with Crippen LogP contribution in [-0.2, 0) is 0 Å². The fourth-order valence-corrected chi connectivity index (χ4v) is 4.35. The van der Waals surface area contributed by atoms with Gasteiger partial charge in [-0.05, 0) is 48.4 Å². The number of amides is 2. The Morgan fingerprint density at radius 1 is 1.18 bits per heavy atom. The number of ether oxygens (including phenoxy) is 1. The molecule has 7 nitrogen and oxygen atoms in total. The van der Waals surface area contributed by atoms with Gasteiger partial charge in [-0.3, -0.25) is 9.59 Å². The largest absolute Gasteiger partial charge is 0.472 e. The lowest BCUT2D eigenvalue weighted by Crippen LogP contribution is -2.50. The number of hydrogen-bond acceptors (Lipinski definition) is 5. The van der Waals surface area contributed by atoms with E-state index in [2.05, 4.69) is 4.98 Å². The average Bonchev–Trinajstić information content (AvgIpc) is 2.94. The molecule has 0 aliphatic carbocycles. The van der Waals surface area contributed by atoms with Crippen molar-refractivity contribution in [3.8, 4) is 5.88 Å². The Morgan fingerprint density at radius 3 is 2.55 bits per heavy atom. The van der Waals surface area contributed by atoms with Crippen molar-refractivity contribution in [2.24, 2.45) is 5.92 Å². The molecule has 198 valence electrons. The maximum atomic E-state index is 13.6. The number of nitrogens with zero attached hydrogens (tertiary/aromatic N) is 3. The Hall–Kier alpha value is -4.04. The summed E-state index contributed by atoms with van der Waals surface area (Å²) in [6, 6.07) is 16.5. The Labute approximate surface area is 222 Å². The van der Waals surface area contributed by atoms with E-state index in [4.69, 9.17) is 4.74 Å². The molecule has 0 spiro atoms. The average molecular weight is 518 g/mol. The molecule has 2 aromatic carbocycles. The Balaban J connectivity index is 1.63. The number of aliphatic hydroxyl groups is 1. The van der Waals surface area contributed by atoms with Gasteiger partial charge in [-0.15, -0.1) is 0 Å². The molecular weight excluding hydrogens is 485 g/mol. The van der Waals surface area contributed by atoms with E-state index < -0.39 is 18.0 Å². The van der Waals surface area contributed by atoms with Gasteiger partial charge in [0.05, 0.1) is 19.2 Å². The molecule has 0 unspecified atom stereocenters. The second-order valence-electron chi connectivity index (χ2n) is 9.68. The molecule has 0 saturated carbocycles. The monoisotopic (exact) mass is 517 g/mol. The molecule has 0 fully saturated rings. The van der Waals surface area contributed by atoms with E-state index >= 15 is 0 Å². The van der Waals surface area contributed by atoms with Crippen LogP contribution < -0.4 is 4.74 Å². The van der Waals surface area contributed by atoms with Gasteiger partial charge in [-0.2, -0.15) is 0 Å². The highest BCUT2D eigenvalue weighted by molar-refractivity contribution is 5.97. The summed E-state index contributed by atoms with van der Waals surface area (Å²) in [4.78, 5) is 34.2. The number of rotatable bonds is 7. The van der Waals surface area contributed by atoms with Crippen LogP contribution in [0, 0.1) is 11.7 Å². The molecular formula is C30H32FN3O4. The van der Waals surface area contributed by atoms with Gasteiger partial charge in [0.1, 0.15) is 17.5 Å². The zero-order valence-electron chi connectivity index (χ0n) is 21.8. The smallest absolute Gasteiger partial charge is 0.259 e. The summed E-state index contributed by atoms with van der Waals surface area (Å²) in [6.07, 6.45) is 4.97. The van der Waals surface area contributed by atoms with Crippen LogP contribution in [-0.4, -0.2) is 70.6 Å². The minimum absolute atomic E-state index is 0.177.